The van der Waals surface area contributed by atoms with Gasteiger partial charge in [0.15, 0.2) is 0 Å². The van der Waals surface area contributed by atoms with Crippen LogP contribution in [0.2, 0.25) is 0 Å². The van der Waals surface area contributed by atoms with Crippen molar-refractivity contribution in [2.24, 2.45) is 11.7 Å². The fourth-order valence-corrected chi connectivity index (χ4v) is 3.18. The third kappa shape index (κ3) is 4.77. The maximum atomic E-state index is 12.0. The maximum Gasteiger partial charge on any atom is 0.239 e. The Morgan fingerprint density at radius 3 is 2.65 bits per heavy atom. The number of carbonyl (C=O) groups excluding carboxylic acids is 1. The molecule has 0 aliphatic rings. The first-order chi connectivity index (χ1) is 7.90. The molecule has 3 nitrogen and oxygen atoms in total. The summed E-state index contributed by atoms with van der Waals surface area (Å²) in [5.41, 5.74) is 5.88. The molecule has 1 rings (SSSR count). The van der Waals surface area contributed by atoms with Crippen LogP contribution in [0.5, 0.6) is 0 Å². The molecule has 0 unspecified atom stereocenters. The van der Waals surface area contributed by atoms with Gasteiger partial charge in [0.05, 0.1) is 16.4 Å². The van der Waals surface area contributed by atoms with Crippen LogP contribution in [0.3, 0.4) is 0 Å². The summed E-state index contributed by atoms with van der Waals surface area (Å²) in [5.74, 6) is 0.460. The van der Waals surface area contributed by atoms with Crippen molar-refractivity contribution in [3.05, 3.63) is 20.8 Å². The first-order valence-electron chi connectivity index (χ1n) is 5.65. The molecular formula is C12H19BrN2OS. The van der Waals surface area contributed by atoms with Crippen molar-refractivity contribution in [3.8, 4) is 0 Å². The summed E-state index contributed by atoms with van der Waals surface area (Å²) in [5, 5.41) is 0. The molecule has 0 radical (unpaired) electrons. The van der Waals surface area contributed by atoms with E-state index in [1.165, 1.54) is 0 Å². The Labute approximate surface area is 115 Å². The molecule has 0 aliphatic carbocycles. The lowest BCUT2D eigenvalue weighted by Gasteiger charge is -2.21. The first-order valence-corrected chi connectivity index (χ1v) is 7.26. The van der Waals surface area contributed by atoms with Gasteiger partial charge in [-0.25, -0.2) is 0 Å². The van der Waals surface area contributed by atoms with Gasteiger partial charge >= 0.3 is 0 Å². The molecule has 1 amide bonds. The molecule has 2 N–H and O–H groups in total. The number of thiophene rings is 1. The number of amides is 1. The van der Waals surface area contributed by atoms with E-state index in [4.69, 9.17) is 5.73 Å². The monoisotopic (exact) mass is 318 g/mol. The summed E-state index contributed by atoms with van der Waals surface area (Å²) >= 11 is 5.05. The van der Waals surface area contributed by atoms with E-state index in [1.54, 1.807) is 23.3 Å². The largest absolute Gasteiger partial charge is 0.339 e. The second-order valence-corrected chi connectivity index (χ2v) is 7.18. The van der Waals surface area contributed by atoms with Crippen molar-refractivity contribution in [2.45, 2.75) is 32.9 Å². The summed E-state index contributed by atoms with van der Waals surface area (Å²) in [6, 6.07) is 3.63. The fraction of sp³-hybridized carbons (Fsp3) is 0.583. The fourth-order valence-electron chi connectivity index (χ4n) is 1.64. The minimum absolute atomic E-state index is 0.0169. The van der Waals surface area contributed by atoms with E-state index in [9.17, 15) is 4.79 Å². The zero-order valence-corrected chi connectivity index (χ0v) is 12.8. The molecule has 1 aromatic rings. The summed E-state index contributed by atoms with van der Waals surface area (Å²) < 4.78 is 1.08. The van der Waals surface area contributed by atoms with Crippen LogP contribution in [0.4, 0.5) is 0 Å². The van der Waals surface area contributed by atoms with Crippen LogP contribution in [0.15, 0.2) is 15.9 Å². The van der Waals surface area contributed by atoms with Gasteiger partial charge < -0.3 is 10.6 Å². The number of nitrogens with zero attached hydrogens (tertiary/aromatic N) is 1. The Hall–Kier alpha value is -0.390. The third-order valence-corrected chi connectivity index (χ3v) is 4.05. The highest BCUT2D eigenvalue weighted by molar-refractivity contribution is 9.11. The van der Waals surface area contributed by atoms with E-state index in [1.807, 2.05) is 12.1 Å². The predicted molar refractivity (Wildman–Crippen MR) is 75.9 cm³/mol. The highest BCUT2D eigenvalue weighted by Gasteiger charge is 2.19. The van der Waals surface area contributed by atoms with Gasteiger partial charge in [-0.05, 0) is 40.4 Å². The first kappa shape index (κ1) is 14.7. The SMILES string of the molecule is CC(C)C[C@H](N)C(=O)N(C)Cc1ccc(Br)s1. The van der Waals surface area contributed by atoms with Crippen LogP contribution >= 0.6 is 27.3 Å². The van der Waals surface area contributed by atoms with E-state index < -0.39 is 0 Å². The van der Waals surface area contributed by atoms with Gasteiger partial charge in [0.25, 0.3) is 0 Å². The Balaban J connectivity index is 2.52. The van der Waals surface area contributed by atoms with Crippen LogP contribution in [0, 0.1) is 5.92 Å². The number of halogens is 1. The molecule has 0 bridgehead atoms. The van der Waals surface area contributed by atoms with Crippen molar-refractivity contribution in [1.82, 2.24) is 4.90 Å². The molecular weight excluding hydrogens is 300 g/mol. The van der Waals surface area contributed by atoms with Gasteiger partial charge in [0.2, 0.25) is 5.91 Å². The molecule has 0 aromatic carbocycles. The molecule has 1 aromatic heterocycles. The summed E-state index contributed by atoms with van der Waals surface area (Å²) in [6.45, 7) is 4.77. The van der Waals surface area contributed by atoms with Gasteiger partial charge in [-0.15, -0.1) is 11.3 Å². The normalized spacial score (nSPS) is 12.8. The Morgan fingerprint density at radius 2 is 2.18 bits per heavy atom. The van der Waals surface area contributed by atoms with Gasteiger partial charge in [-0.3, -0.25) is 4.79 Å². The molecule has 96 valence electrons. The Kier molecular flexibility index (Phi) is 5.62. The van der Waals surface area contributed by atoms with Crippen molar-refractivity contribution in [2.75, 3.05) is 7.05 Å². The van der Waals surface area contributed by atoms with Crippen LogP contribution in [-0.4, -0.2) is 23.9 Å². The van der Waals surface area contributed by atoms with Crippen LogP contribution in [-0.2, 0) is 11.3 Å². The third-order valence-electron chi connectivity index (χ3n) is 2.44. The average molecular weight is 319 g/mol. The van der Waals surface area contributed by atoms with Crippen LogP contribution < -0.4 is 5.73 Å². The zero-order valence-electron chi connectivity index (χ0n) is 10.4. The highest BCUT2D eigenvalue weighted by Crippen LogP contribution is 2.23. The standard InChI is InChI=1S/C12H19BrN2OS/c1-8(2)6-10(14)12(16)15(3)7-9-4-5-11(13)17-9/h4-5,8,10H,6-7,14H2,1-3H3/t10-/m0/s1. The summed E-state index contributed by atoms with van der Waals surface area (Å²) in [4.78, 5) is 14.8. The zero-order chi connectivity index (χ0) is 13.0. The van der Waals surface area contributed by atoms with E-state index in [-0.39, 0.29) is 11.9 Å². The van der Waals surface area contributed by atoms with Gasteiger partial charge in [0.1, 0.15) is 0 Å². The van der Waals surface area contributed by atoms with Crippen molar-refractivity contribution in [3.63, 3.8) is 0 Å². The molecule has 5 heteroatoms. The molecule has 1 atom stereocenters. The average Bonchev–Trinajstić information content (AvgIpc) is 2.61. The topological polar surface area (TPSA) is 46.3 Å². The van der Waals surface area contributed by atoms with E-state index in [2.05, 4.69) is 29.8 Å². The van der Waals surface area contributed by atoms with Gasteiger partial charge in [-0.1, -0.05) is 13.8 Å². The molecule has 17 heavy (non-hydrogen) atoms. The lowest BCUT2D eigenvalue weighted by Crippen LogP contribution is -2.42. The highest BCUT2D eigenvalue weighted by atomic mass is 79.9. The number of rotatable bonds is 5. The molecule has 1 heterocycles. The van der Waals surface area contributed by atoms with E-state index >= 15 is 0 Å². The van der Waals surface area contributed by atoms with Crippen molar-refractivity contribution >= 4 is 33.2 Å². The second-order valence-electron chi connectivity index (χ2n) is 4.64. The van der Waals surface area contributed by atoms with Crippen LogP contribution in [0.1, 0.15) is 25.1 Å². The summed E-state index contributed by atoms with van der Waals surface area (Å²) in [7, 11) is 1.80. The second kappa shape index (κ2) is 6.52. The number of likely N-dealkylation sites (N-methyl/N-ethyl adjacent to an activating group) is 1. The molecule has 0 aliphatic heterocycles. The van der Waals surface area contributed by atoms with Gasteiger partial charge in [-0.2, -0.15) is 0 Å². The minimum Gasteiger partial charge on any atom is -0.339 e. The Bertz CT molecular complexity index is 378. The number of nitrogens with two attached hydrogens (primary N) is 1. The number of hydrogen-bond donors (Lipinski definition) is 1. The summed E-state index contributed by atoms with van der Waals surface area (Å²) in [6.07, 6.45) is 0.733. The van der Waals surface area contributed by atoms with Gasteiger partial charge in [0, 0.05) is 11.9 Å². The molecule has 0 saturated heterocycles. The lowest BCUT2D eigenvalue weighted by atomic mass is 10.0. The minimum atomic E-state index is -0.386. The molecule has 0 saturated carbocycles. The predicted octanol–water partition coefficient (Wildman–Crippen LogP) is 2.84. The molecule has 0 spiro atoms. The number of carbonyl (C=O) groups is 1. The molecule has 0 fully saturated rings. The quantitative estimate of drug-likeness (QED) is 0.907. The smallest absolute Gasteiger partial charge is 0.239 e. The maximum absolute atomic E-state index is 12.0. The Morgan fingerprint density at radius 1 is 1.53 bits per heavy atom. The van der Waals surface area contributed by atoms with E-state index in [0.717, 1.165) is 15.1 Å². The lowest BCUT2D eigenvalue weighted by molar-refractivity contribution is -0.132. The van der Waals surface area contributed by atoms with Crippen molar-refractivity contribution < 1.29 is 4.79 Å². The number of hydrogen-bond acceptors (Lipinski definition) is 3. The van der Waals surface area contributed by atoms with Crippen molar-refractivity contribution in [1.29, 1.82) is 0 Å². The van der Waals surface area contributed by atoms with E-state index in [0.29, 0.717) is 12.5 Å². The van der Waals surface area contributed by atoms with Crippen LogP contribution in [0.25, 0.3) is 0 Å².